The van der Waals surface area contributed by atoms with Crippen molar-refractivity contribution >= 4 is 58.9 Å². The Kier molecular flexibility index (Phi) is 12.6. The standard InChI is InChI=1S/C12H26As2N2O3S2/c1-13(2)20-7-5-9(15)11(17)16-10(12(18)19)6-8-21-14(3)4/h9-10H,5-8,15H2,1-4H3,(H,16,17)(H,18,19). The summed E-state index contributed by atoms with van der Waals surface area (Å²) in [5, 5.41) is 11.7. The van der Waals surface area contributed by atoms with Gasteiger partial charge in [-0.1, -0.05) is 0 Å². The van der Waals surface area contributed by atoms with Crippen molar-refractivity contribution in [3.05, 3.63) is 0 Å². The predicted octanol–water partition coefficient (Wildman–Crippen LogP) is 1.63. The molecule has 0 saturated heterocycles. The second-order valence-corrected chi connectivity index (χ2v) is 23.9. The molecule has 0 aliphatic carbocycles. The maximum absolute atomic E-state index is 11.9. The van der Waals surface area contributed by atoms with Gasteiger partial charge in [0.25, 0.3) is 0 Å². The maximum atomic E-state index is 11.9. The first-order chi connectivity index (χ1) is 9.73. The van der Waals surface area contributed by atoms with Crippen LogP contribution in [0, 0.1) is 0 Å². The monoisotopic (exact) mass is 460 g/mol. The van der Waals surface area contributed by atoms with Crippen molar-refractivity contribution in [1.82, 2.24) is 5.32 Å². The first-order valence-corrected chi connectivity index (χ1v) is 20.6. The van der Waals surface area contributed by atoms with Crippen molar-refractivity contribution < 1.29 is 14.7 Å². The van der Waals surface area contributed by atoms with Gasteiger partial charge in [-0.2, -0.15) is 0 Å². The number of nitrogens with two attached hydrogens (primary N) is 1. The Bertz CT molecular complexity index is 334. The Morgan fingerprint density at radius 3 is 2.00 bits per heavy atom. The van der Waals surface area contributed by atoms with E-state index < -0.39 is 45.0 Å². The summed E-state index contributed by atoms with van der Waals surface area (Å²) in [6.45, 7) is 0. The number of carboxylic acids is 1. The van der Waals surface area contributed by atoms with Gasteiger partial charge in [-0.15, -0.1) is 0 Å². The summed E-state index contributed by atoms with van der Waals surface area (Å²) in [5.74, 6) is 0.316. The fourth-order valence-corrected chi connectivity index (χ4v) is 8.74. The molecule has 5 nitrogen and oxygen atoms in total. The van der Waals surface area contributed by atoms with E-state index in [2.05, 4.69) is 28.2 Å². The van der Waals surface area contributed by atoms with E-state index in [4.69, 9.17) is 10.8 Å². The second kappa shape index (κ2) is 12.2. The van der Waals surface area contributed by atoms with Gasteiger partial charge in [0.2, 0.25) is 0 Å². The number of hydrogen-bond donors (Lipinski definition) is 3. The molecule has 0 aromatic carbocycles. The van der Waals surface area contributed by atoms with Gasteiger partial charge in [0.15, 0.2) is 0 Å². The fraction of sp³-hybridized carbons (Fsp3) is 0.833. The van der Waals surface area contributed by atoms with E-state index in [1.54, 1.807) is 0 Å². The molecule has 2 unspecified atom stereocenters. The summed E-state index contributed by atoms with van der Waals surface area (Å²) >= 11 is -1.57. The van der Waals surface area contributed by atoms with Crippen LogP contribution in [-0.2, 0) is 9.59 Å². The number of hydrogen-bond acceptors (Lipinski definition) is 5. The SMILES string of the molecule is C[As](C)SCCC(N)C(=O)NC(CCS[As](C)C)C(=O)O. The third-order valence-electron chi connectivity index (χ3n) is 2.49. The van der Waals surface area contributed by atoms with Crippen LogP contribution in [0.1, 0.15) is 12.8 Å². The topological polar surface area (TPSA) is 92.4 Å². The van der Waals surface area contributed by atoms with Crippen molar-refractivity contribution in [2.24, 2.45) is 5.73 Å². The van der Waals surface area contributed by atoms with Crippen LogP contribution < -0.4 is 11.1 Å². The molecule has 0 aliphatic rings. The molecule has 4 N–H and O–H groups in total. The molecule has 0 aromatic rings. The molecule has 0 saturated carbocycles. The van der Waals surface area contributed by atoms with Crippen molar-refractivity contribution in [1.29, 1.82) is 0 Å². The number of nitrogens with one attached hydrogen (secondary N) is 1. The second-order valence-electron chi connectivity index (χ2n) is 4.87. The zero-order chi connectivity index (χ0) is 16.4. The van der Waals surface area contributed by atoms with Crippen molar-refractivity contribution in [3.8, 4) is 0 Å². The Balaban J connectivity index is 4.17. The van der Waals surface area contributed by atoms with E-state index in [1.165, 1.54) is 0 Å². The molecule has 0 aliphatic heterocycles. The Hall–Kier alpha value is 0.717. The van der Waals surface area contributed by atoms with E-state index in [-0.39, 0.29) is 5.91 Å². The quantitative estimate of drug-likeness (QED) is 0.406. The molecule has 0 spiro atoms. The summed E-state index contributed by atoms with van der Waals surface area (Å²) in [7, 11) is 3.72. The zero-order valence-electron chi connectivity index (χ0n) is 13.0. The van der Waals surface area contributed by atoms with Gasteiger partial charge in [-0.25, -0.2) is 0 Å². The molecular formula is C12H26As2N2O3S2. The number of carbonyl (C=O) groups excluding carboxylic acids is 1. The summed E-state index contributed by atoms with van der Waals surface area (Å²) < 4.78 is 0. The first kappa shape index (κ1) is 21.7. The molecule has 0 rings (SSSR count). The van der Waals surface area contributed by atoms with Gasteiger partial charge in [0.05, 0.1) is 0 Å². The molecule has 1 amide bonds. The normalized spacial score (nSPS) is 14.2. The van der Waals surface area contributed by atoms with Crippen LogP contribution in [0.3, 0.4) is 0 Å². The van der Waals surface area contributed by atoms with Gasteiger partial charge in [0.1, 0.15) is 0 Å². The number of aliphatic carboxylic acids is 1. The Morgan fingerprint density at radius 1 is 1.10 bits per heavy atom. The van der Waals surface area contributed by atoms with Crippen LogP contribution in [0.2, 0.25) is 22.8 Å². The summed E-state index contributed by atoms with van der Waals surface area (Å²) in [4.78, 5) is 23.1. The van der Waals surface area contributed by atoms with Gasteiger partial charge in [-0.3, -0.25) is 0 Å². The molecule has 0 fully saturated rings. The Labute approximate surface area is 143 Å². The first-order valence-electron chi connectivity index (χ1n) is 6.63. The average Bonchev–Trinajstić information content (AvgIpc) is 2.36. The average molecular weight is 460 g/mol. The summed E-state index contributed by atoms with van der Waals surface area (Å²) in [6.07, 6.45) is 1.06. The number of amides is 1. The molecule has 9 heteroatoms. The number of rotatable bonds is 11. The van der Waals surface area contributed by atoms with E-state index in [1.807, 2.05) is 20.0 Å². The van der Waals surface area contributed by atoms with Crippen molar-refractivity contribution in [2.45, 2.75) is 47.8 Å². The minimum atomic E-state index is -0.980. The van der Waals surface area contributed by atoms with Crippen LogP contribution in [0.15, 0.2) is 0 Å². The molecule has 0 aromatic heterocycles. The van der Waals surface area contributed by atoms with Crippen LogP contribution in [0.25, 0.3) is 0 Å². The minimum absolute atomic E-state index is 0.346. The molecule has 21 heavy (non-hydrogen) atoms. The summed E-state index contributed by atoms with van der Waals surface area (Å²) in [5.41, 5.74) is 14.7. The number of carbonyl (C=O) groups is 2. The molecule has 2 atom stereocenters. The third-order valence-corrected chi connectivity index (χ3v) is 13.2. The van der Waals surface area contributed by atoms with Gasteiger partial charge >= 0.3 is 144 Å². The van der Waals surface area contributed by atoms with Crippen LogP contribution >= 0.6 is 20.0 Å². The molecule has 124 valence electrons. The van der Waals surface area contributed by atoms with Crippen molar-refractivity contribution in [3.63, 3.8) is 0 Å². The van der Waals surface area contributed by atoms with E-state index in [9.17, 15) is 9.59 Å². The molecule has 0 heterocycles. The van der Waals surface area contributed by atoms with Crippen LogP contribution in [-0.4, -0.2) is 67.6 Å². The Morgan fingerprint density at radius 2 is 1.57 bits per heavy atom. The van der Waals surface area contributed by atoms with E-state index in [0.717, 1.165) is 11.5 Å². The molecule has 0 radical (unpaired) electrons. The van der Waals surface area contributed by atoms with Crippen LogP contribution in [0.5, 0.6) is 0 Å². The summed E-state index contributed by atoms with van der Waals surface area (Å²) in [6, 6.07) is -1.43. The predicted molar refractivity (Wildman–Crippen MR) is 96.7 cm³/mol. The van der Waals surface area contributed by atoms with E-state index >= 15 is 0 Å². The molecular weight excluding hydrogens is 434 g/mol. The van der Waals surface area contributed by atoms with Crippen molar-refractivity contribution in [2.75, 3.05) is 11.5 Å². The zero-order valence-corrected chi connectivity index (χ0v) is 18.4. The van der Waals surface area contributed by atoms with Gasteiger partial charge < -0.3 is 0 Å². The van der Waals surface area contributed by atoms with Gasteiger partial charge in [0, 0.05) is 0 Å². The van der Waals surface area contributed by atoms with Crippen LogP contribution in [0.4, 0.5) is 0 Å². The fourth-order valence-electron chi connectivity index (χ4n) is 1.38. The third kappa shape index (κ3) is 11.9. The van der Waals surface area contributed by atoms with E-state index in [0.29, 0.717) is 12.8 Å². The van der Waals surface area contributed by atoms with Gasteiger partial charge in [-0.05, 0) is 0 Å². The molecule has 0 bridgehead atoms. The number of carboxylic acid groups (broad SMARTS) is 1.